The number of amides is 1. The molecular formula is C26H25NO5S. The molecular weight excluding hydrogens is 438 g/mol. The molecule has 0 unspecified atom stereocenters. The number of β-lactam (4-membered cyclic amide) rings is 1. The Morgan fingerprint density at radius 2 is 1.67 bits per heavy atom. The molecule has 2 aromatic carbocycles. The van der Waals surface area contributed by atoms with Crippen molar-refractivity contribution >= 4 is 29.6 Å². The fourth-order valence-corrected chi connectivity index (χ4v) is 5.65. The lowest BCUT2D eigenvalue weighted by atomic mass is 9.95. The van der Waals surface area contributed by atoms with Crippen molar-refractivity contribution in [3.8, 4) is 0 Å². The van der Waals surface area contributed by atoms with Crippen molar-refractivity contribution in [2.24, 2.45) is 0 Å². The van der Waals surface area contributed by atoms with Crippen molar-refractivity contribution in [1.29, 1.82) is 0 Å². The largest absolute Gasteiger partial charge is 0.458 e. The van der Waals surface area contributed by atoms with Crippen LogP contribution in [0.4, 0.5) is 0 Å². The van der Waals surface area contributed by atoms with Crippen molar-refractivity contribution in [3.63, 3.8) is 0 Å². The number of ether oxygens (including phenoxy) is 2. The SMILES string of the molecule is C=CCOC(=O)/C=C1/C(=O)N2[C@@H]1SC(C)(C)[C@@H]2C(=O)OC(c1ccccc1)c1ccccc1. The van der Waals surface area contributed by atoms with E-state index in [4.69, 9.17) is 9.47 Å². The summed E-state index contributed by atoms with van der Waals surface area (Å²) in [5, 5.41) is -0.395. The van der Waals surface area contributed by atoms with Gasteiger partial charge in [0.2, 0.25) is 0 Å². The Morgan fingerprint density at radius 1 is 1.09 bits per heavy atom. The first kappa shape index (κ1) is 22.9. The first-order chi connectivity index (χ1) is 15.8. The number of thioether (sulfide) groups is 1. The van der Waals surface area contributed by atoms with Gasteiger partial charge in [0.05, 0.1) is 5.57 Å². The van der Waals surface area contributed by atoms with Crippen LogP contribution in [0.5, 0.6) is 0 Å². The van der Waals surface area contributed by atoms with Crippen molar-refractivity contribution in [3.05, 3.63) is 96.1 Å². The molecule has 2 aliphatic rings. The van der Waals surface area contributed by atoms with Crippen LogP contribution >= 0.6 is 11.8 Å². The van der Waals surface area contributed by atoms with Crippen LogP contribution in [0.2, 0.25) is 0 Å². The van der Waals surface area contributed by atoms with Crippen LogP contribution in [-0.2, 0) is 23.9 Å². The molecule has 7 heteroatoms. The molecule has 2 atom stereocenters. The Hall–Kier alpha value is -3.32. The lowest BCUT2D eigenvalue weighted by Gasteiger charge is -2.39. The van der Waals surface area contributed by atoms with E-state index in [1.54, 1.807) is 0 Å². The molecule has 0 aliphatic carbocycles. The maximum atomic E-state index is 13.5. The van der Waals surface area contributed by atoms with Crippen LogP contribution in [0.15, 0.2) is 85.0 Å². The molecule has 4 rings (SSSR count). The Morgan fingerprint density at radius 3 is 2.21 bits per heavy atom. The van der Waals surface area contributed by atoms with Gasteiger partial charge in [-0.2, -0.15) is 0 Å². The minimum atomic E-state index is -0.781. The summed E-state index contributed by atoms with van der Waals surface area (Å²) < 4.78 is 10.4. The van der Waals surface area contributed by atoms with E-state index in [0.29, 0.717) is 5.57 Å². The Balaban J connectivity index is 1.57. The van der Waals surface area contributed by atoms with Crippen LogP contribution in [-0.4, -0.2) is 45.5 Å². The van der Waals surface area contributed by atoms with Gasteiger partial charge >= 0.3 is 11.9 Å². The summed E-state index contributed by atoms with van der Waals surface area (Å²) >= 11 is 1.46. The average Bonchev–Trinajstić information content (AvgIpc) is 3.08. The predicted octanol–water partition coefficient (Wildman–Crippen LogP) is 4.04. The maximum absolute atomic E-state index is 13.5. The second-order valence-electron chi connectivity index (χ2n) is 8.35. The van der Waals surface area contributed by atoms with Gasteiger partial charge in [-0.3, -0.25) is 4.79 Å². The van der Waals surface area contributed by atoms with Gasteiger partial charge < -0.3 is 14.4 Å². The zero-order valence-electron chi connectivity index (χ0n) is 18.5. The molecule has 0 bridgehead atoms. The van der Waals surface area contributed by atoms with E-state index < -0.39 is 34.2 Å². The third kappa shape index (κ3) is 4.46. The highest BCUT2D eigenvalue weighted by Gasteiger charge is 2.62. The lowest BCUT2D eigenvalue weighted by Crippen LogP contribution is -2.59. The number of nitrogens with zero attached hydrogens (tertiary/aromatic N) is 1. The van der Waals surface area contributed by atoms with E-state index in [9.17, 15) is 14.4 Å². The van der Waals surface area contributed by atoms with Crippen LogP contribution < -0.4 is 0 Å². The van der Waals surface area contributed by atoms with Gasteiger partial charge in [-0.1, -0.05) is 73.3 Å². The lowest BCUT2D eigenvalue weighted by molar-refractivity contribution is -0.160. The normalized spacial score (nSPS) is 22.0. The quantitative estimate of drug-likeness (QED) is 0.267. The van der Waals surface area contributed by atoms with Gasteiger partial charge in [-0.25, -0.2) is 9.59 Å². The second-order valence-corrected chi connectivity index (χ2v) is 10.1. The first-order valence-electron chi connectivity index (χ1n) is 10.6. The summed E-state index contributed by atoms with van der Waals surface area (Å²) in [6.45, 7) is 7.38. The highest BCUT2D eigenvalue weighted by atomic mass is 32.2. The van der Waals surface area contributed by atoms with Crippen LogP contribution in [0.3, 0.4) is 0 Å². The highest BCUT2D eigenvalue weighted by Crippen LogP contribution is 2.53. The maximum Gasteiger partial charge on any atom is 0.331 e. The Bertz CT molecular complexity index is 1060. The van der Waals surface area contributed by atoms with E-state index in [1.165, 1.54) is 28.8 Å². The molecule has 1 amide bonds. The summed E-state index contributed by atoms with van der Waals surface area (Å²) in [5.41, 5.74) is 2.02. The summed E-state index contributed by atoms with van der Waals surface area (Å²) in [6, 6.07) is 18.2. The second kappa shape index (κ2) is 9.27. The van der Waals surface area contributed by atoms with Gasteiger partial charge in [0.25, 0.3) is 5.91 Å². The molecule has 0 N–H and O–H groups in total. The van der Waals surface area contributed by atoms with Gasteiger partial charge in [0.15, 0.2) is 6.10 Å². The molecule has 0 aromatic heterocycles. The number of benzene rings is 2. The van der Waals surface area contributed by atoms with E-state index in [-0.39, 0.29) is 12.5 Å². The van der Waals surface area contributed by atoms with Crippen LogP contribution in [0, 0.1) is 0 Å². The Labute approximate surface area is 197 Å². The molecule has 2 aromatic rings. The molecule has 2 saturated heterocycles. The van der Waals surface area contributed by atoms with Gasteiger partial charge in [0, 0.05) is 10.8 Å². The molecule has 0 radical (unpaired) electrons. The monoisotopic (exact) mass is 463 g/mol. The average molecular weight is 464 g/mol. The molecule has 2 aliphatic heterocycles. The van der Waals surface area contributed by atoms with Crippen LogP contribution in [0.25, 0.3) is 0 Å². The number of carbonyl (C=O) groups is 3. The number of hydrogen-bond donors (Lipinski definition) is 0. The summed E-state index contributed by atoms with van der Waals surface area (Å²) in [4.78, 5) is 39.8. The molecule has 2 fully saturated rings. The van der Waals surface area contributed by atoms with E-state index in [1.807, 2.05) is 74.5 Å². The van der Waals surface area contributed by atoms with Crippen molar-refractivity contribution in [2.45, 2.75) is 36.1 Å². The number of fused-ring (bicyclic) bond motifs is 1. The topological polar surface area (TPSA) is 72.9 Å². The van der Waals surface area contributed by atoms with Gasteiger partial charge in [0.1, 0.15) is 18.0 Å². The molecule has 33 heavy (non-hydrogen) atoms. The standard InChI is InChI=1S/C26H25NO5S/c1-4-15-31-20(28)16-19-23(29)27-22(26(2,3)33-24(19)27)25(30)32-21(17-11-7-5-8-12-17)18-13-9-6-10-14-18/h4-14,16,21-22,24H,1,15H2,2-3H3/b19-16-/t22-,24+/m0/s1. The van der Waals surface area contributed by atoms with E-state index >= 15 is 0 Å². The minimum absolute atomic E-state index is 0.0686. The van der Waals surface area contributed by atoms with E-state index in [0.717, 1.165) is 11.1 Å². The number of hydrogen-bond acceptors (Lipinski definition) is 6. The van der Waals surface area contributed by atoms with Gasteiger partial charge in [-0.05, 0) is 25.0 Å². The Kier molecular flexibility index (Phi) is 6.42. The smallest absolute Gasteiger partial charge is 0.331 e. The molecule has 0 spiro atoms. The molecule has 170 valence electrons. The predicted molar refractivity (Wildman–Crippen MR) is 126 cm³/mol. The summed E-state index contributed by atoms with van der Waals surface area (Å²) in [5.74, 6) is -1.43. The zero-order valence-corrected chi connectivity index (χ0v) is 19.3. The van der Waals surface area contributed by atoms with E-state index in [2.05, 4.69) is 6.58 Å². The fraction of sp³-hybridized carbons (Fsp3) is 0.269. The van der Waals surface area contributed by atoms with Crippen molar-refractivity contribution < 1.29 is 23.9 Å². The number of rotatable bonds is 7. The van der Waals surface area contributed by atoms with Crippen molar-refractivity contribution in [1.82, 2.24) is 4.90 Å². The first-order valence-corrected chi connectivity index (χ1v) is 11.5. The van der Waals surface area contributed by atoms with Gasteiger partial charge in [-0.15, -0.1) is 11.8 Å². The summed E-state index contributed by atoms with van der Waals surface area (Å²) in [7, 11) is 0. The highest BCUT2D eigenvalue weighted by molar-refractivity contribution is 8.01. The number of carbonyl (C=O) groups excluding carboxylic acids is 3. The third-order valence-electron chi connectivity index (χ3n) is 5.63. The third-order valence-corrected chi connectivity index (χ3v) is 7.17. The minimum Gasteiger partial charge on any atom is -0.458 e. The molecule has 2 heterocycles. The summed E-state index contributed by atoms with van der Waals surface area (Å²) in [6.07, 6.45) is 2.07. The number of esters is 2. The van der Waals surface area contributed by atoms with Crippen molar-refractivity contribution in [2.75, 3.05) is 6.61 Å². The zero-order chi connectivity index (χ0) is 23.6. The fourth-order valence-electron chi connectivity index (χ4n) is 4.11. The molecule has 0 saturated carbocycles. The molecule has 6 nitrogen and oxygen atoms in total. The van der Waals surface area contributed by atoms with Crippen LogP contribution in [0.1, 0.15) is 31.1 Å².